The van der Waals surface area contributed by atoms with Crippen LogP contribution in [0.15, 0.2) is 0 Å². The van der Waals surface area contributed by atoms with Crippen molar-refractivity contribution in [3.63, 3.8) is 0 Å². The molecule has 0 spiro atoms. The summed E-state index contributed by atoms with van der Waals surface area (Å²) < 4.78 is 0. The molecule has 0 aromatic carbocycles. The second-order valence-corrected chi connectivity index (χ2v) is 7.48. The maximum Gasteiger partial charge on any atom is -0.0386 e. The van der Waals surface area contributed by atoms with Crippen LogP contribution in [0.2, 0.25) is 0 Å². The molecule has 17 heavy (non-hydrogen) atoms. The lowest BCUT2D eigenvalue weighted by molar-refractivity contribution is 0.155. The lowest BCUT2D eigenvalue weighted by Crippen LogP contribution is -2.25. The van der Waals surface area contributed by atoms with Crippen molar-refractivity contribution in [3.8, 4) is 0 Å². The van der Waals surface area contributed by atoms with Crippen molar-refractivity contribution in [2.45, 2.75) is 73.6 Å². The first kappa shape index (κ1) is 15.1. The molecule has 0 nitrogen and oxygen atoms in total. The Labute approximate surface area is 110 Å². The zero-order valence-corrected chi connectivity index (χ0v) is 13.0. The minimum atomic E-state index is 0.858. The highest BCUT2D eigenvalue weighted by atomic mass is 14.3. The van der Waals surface area contributed by atoms with E-state index in [1.807, 2.05) is 0 Å². The quantitative estimate of drug-likeness (QED) is 0.570. The largest absolute Gasteiger partial charge is 0.0628 e. The van der Waals surface area contributed by atoms with E-state index in [-0.39, 0.29) is 0 Å². The van der Waals surface area contributed by atoms with Gasteiger partial charge in [0.05, 0.1) is 0 Å². The van der Waals surface area contributed by atoms with E-state index in [9.17, 15) is 0 Å². The van der Waals surface area contributed by atoms with Gasteiger partial charge in [-0.25, -0.2) is 0 Å². The Kier molecular flexibility index (Phi) is 6.03. The highest BCUT2D eigenvalue weighted by molar-refractivity contribution is 4.78. The summed E-state index contributed by atoms with van der Waals surface area (Å²) in [5.41, 5.74) is 0. The topological polar surface area (TPSA) is 0 Å². The molecule has 0 amide bonds. The molecule has 1 fully saturated rings. The van der Waals surface area contributed by atoms with Gasteiger partial charge in [-0.1, -0.05) is 48.0 Å². The van der Waals surface area contributed by atoms with Crippen LogP contribution >= 0.6 is 0 Å². The first-order valence-electron chi connectivity index (χ1n) is 7.90. The van der Waals surface area contributed by atoms with E-state index < -0.39 is 0 Å². The highest BCUT2D eigenvalue weighted by Crippen LogP contribution is 2.38. The Hall–Kier alpha value is 0. The van der Waals surface area contributed by atoms with Crippen molar-refractivity contribution in [1.29, 1.82) is 0 Å². The zero-order valence-electron chi connectivity index (χ0n) is 13.0. The molecule has 5 atom stereocenters. The minimum absolute atomic E-state index is 0.858. The monoisotopic (exact) mass is 238 g/mol. The van der Waals surface area contributed by atoms with E-state index in [0.717, 1.165) is 35.5 Å². The third-order valence-electron chi connectivity index (χ3n) is 5.10. The predicted octanol–water partition coefficient (Wildman–Crippen LogP) is 5.77. The van der Waals surface area contributed by atoms with E-state index in [1.165, 1.54) is 32.1 Å². The third-order valence-corrected chi connectivity index (χ3v) is 5.10. The summed E-state index contributed by atoms with van der Waals surface area (Å²) in [6.07, 6.45) is 7.30. The molecule has 1 saturated carbocycles. The average molecular weight is 238 g/mol. The van der Waals surface area contributed by atoms with Gasteiger partial charge in [0.2, 0.25) is 0 Å². The smallest absolute Gasteiger partial charge is 0.0386 e. The van der Waals surface area contributed by atoms with Gasteiger partial charge in [-0.3, -0.25) is 0 Å². The molecule has 0 N–H and O–H groups in total. The lowest BCUT2D eigenvalue weighted by atomic mass is 9.70. The van der Waals surface area contributed by atoms with Crippen molar-refractivity contribution in [2.75, 3.05) is 0 Å². The Balaban J connectivity index is 2.37. The lowest BCUT2D eigenvalue weighted by Gasteiger charge is -2.35. The number of rotatable bonds is 5. The van der Waals surface area contributed by atoms with Crippen molar-refractivity contribution in [3.05, 3.63) is 0 Å². The minimum Gasteiger partial charge on any atom is -0.0628 e. The van der Waals surface area contributed by atoms with Gasteiger partial charge in [-0.05, 0) is 61.2 Å². The molecular formula is C17H34. The van der Waals surface area contributed by atoms with Crippen molar-refractivity contribution in [1.82, 2.24) is 0 Å². The molecule has 0 heteroatoms. The molecule has 1 aliphatic carbocycles. The first-order valence-corrected chi connectivity index (χ1v) is 7.90. The zero-order chi connectivity index (χ0) is 13.0. The molecular weight excluding hydrogens is 204 g/mol. The molecule has 0 bridgehead atoms. The molecule has 0 aromatic rings. The first-order chi connectivity index (χ1) is 7.90. The van der Waals surface area contributed by atoms with Crippen LogP contribution in [0.5, 0.6) is 0 Å². The summed E-state index contributed by atoms with van der Waals surface area (Å²) in [6, 6.07) is 0. The van der Waals surface area contributed by atoms with Gasteiger partial charge in [0, 0.05) is 0 Å². The molecule has 102 valence electrons. The second-order valence-electron chi connectivity index (χ2n) is 7.48. The van der Waals surface area contributed by atoms with Crippen LogP contribution < -0.4 is 0 Å². The Morgan fingerprint density at radius 3 is 2.12 bits per heavy atom. The molecule has 0 heterocycles. The van der Waals surface area contributed by atoms with Crippen LogP contribution in [-0.4, -0.2) is 0 Å². The molecule has 0 aromatic heterocycles. The van der Waals surface area contributed by atoms with Crippen LogP contribution in [0.1, 0.15) is 73.6 Å². The summed E-state index contributed by atoms with van der Waals surface area (Å²) in [4.78, 5) is 0. The van der Waals surface area contributed by atoms with Crippen LogP contribution in [0.25, 0.3) is 0 Å². The standard InChI is InChI=1S/C17H34/c1-12(2)9-14(4)15(5)11-17-8-7-13(3)10-16(17)6/h12-17H,7-11H2,1-6H3. The van der Waals surface area contributed by atoms with Gasteiger partial charge >= 0.3 is 0 Å². The van der Waals surface area contributed by atoms with E-state index in [2.05, 4.69) is 41.5 Å². The fraction of sp³-hybridized carbons (Fsp3) is 1.00. The van der Waals surface area contributed by atoms with Gasteiger partial charge in [0.1, 0.15) is 0 Å². The van der Waals surface area contributed by atoms with Crippen molar-refractivity contribution >= 4 is 0 Å². The molecule has 0 aliphatic heterocycles. The molecule has 1 aliphatic rings. The van der Waals surface area contributed by atoms with E-state index >= 15 is 0 Å². The average Bonchev–Trinajstić information content (AvgIpc) is 2.21. The molecule has 1 rings (SSSR count). The fourth-order valence-corrected chi connectivity index (χ4v) is 3.76. The van der Waals surface area contributed by atoms with E-state index in [0.29, 0.717) is 0 Å². The Morgan fingerprint density at radius 2 is 1.59 bits per heavy atom. The molecule has 0 saturated heterocycles. The number of hydrogen-bond donors (Lipinski definition) is 0. The molecule has 0 radical (unpaired) electrons. The van der Waals surface area contributed by atoms with Gasteiger partial charge in [0.25, 0.3) is 0 Å². The molecule has 5 unspecified atom stereocenters. The SMILES string of the molecule is CC(C)CC(C)C(C)CC1CCC(C)CC1C. The van der Waals surface area contributed by atoms with Gasteiger partial charge in [0.15, 0.2) is 0 Å². The van der Waals surface area contributed by atoms with E-state index in [4.69, 9.17) is 0 Å². The summed E-state index contributed by atoms with van der Waals surface area (Å²) in [6.45, 7) is 14.6. The third kappa shape index (κ3) is 5.02. The second kappa shape index (κ2) is 6.81. The summed E-state index contributed by atoms with van der Waals surface area (Å²) in [7, 11) is 0. The highest BCUT2D eigenvalue weighted by Gasteiger charge is 2.27. The van der Waals surface area contributed by atoms with Crippen LogP contribution in [0, 0.1) is 35.5 Å². The normalized spacial score (nSPS) is 33.7. The summed E-state index contributed by atoms with van der Waals surface area (Å²) in [5.74, 6) is 5.63. The van der Waals surface area contributed by atoms with Gasteiger partial charge in [-0.15, -0.1) is 0 Å². The van der Waals surface area contributed by atoms with Gasteiger partial charge < -0.3 is 0 Å². The summed E-state index contributed by atoms with van der Waals surface area (Å²) >= 11 is 0. The van der Waals surface area contributed by atoms with Crippen LogP contribution in [-0.2, 0) is 0 Å². The summed E-state index contributed by atoms with van der Waals surface area (Å²) in [5, 5.41) is 0. The maximum atomic E-state index is 2.49. The Morgan fingerprint density at radius 1 is 0.941 bits per heavy atom. The van der Waals surface area contributed by atoms with Crippen molar-refractivity contribution < 1.29 is 0 Å². The maximum absolute atomic E-state index is 2.49. The van der Waals surface area contributed by atoms with Crippen molar-refractivity contribution in [2.24, 2.45) is 35.5 Å². The van der Waals surface area contributed by atoms with Crippen LogP contribution in [0.4, 0.5) is 0 Å². The van der Waals surface area contributed by atoms with E-state index in [1.54, 1.807) is 0 Å². The fourth-order valence-electron chi connectivity index (χ4n) is 3.76. The Bertz CT molecular complexity index is 206. The van der Waals surface area contributed by atoms with Gasteiger partial charge in [-0.2, -0.15) is 0 Å². The predicted molar refractivity (Wildman–Crippen MR) is 78.1 cm³/mol. The number of hydrogen-bond acceptors (Lipinski definition) is 0. The van der Waals surface area contributed by atoms with Crippen LogP contribution in [0.3, 0.4) is 0 Å².